The summed E-state index contributed by atoms with van der Waals surface area (Å²) in [5, 5.41) is 0. The van der Waals surface area contributed by atoms with Crippen LogP contribution in [0.25, 0.3) is 17.2 Å². The van der Waals surface area contributed by atoms with Crippen molar-refractivity contribution in [2.24, 2.45) is 5.92 Å². The van der Waals surface area contributed by atoms with E-state index < -0.39 is 17.4 Å². The fourth-order valence-electron chi connectivity index (χ4n) is 3.48. The van der Waals surface area contributed by atoms with E-state index in [0.29, 0.717) is 6.61 Å². The predicted octanol–water partition coefficient (Wildman–Crippen LogP) is 7.45. The SMILES string of the molecule is CCCc1ccc(-c2ccc(/C=C/C3(F)C(F)=C(OCC)C=CC3C)cc2)cc1. The molecule has 2 aromatic carbocycles. The first-order valence-corrected chi connectivity index (χ1v) is 10.3. The molecule has 3 rings (SSSR count). The minimum atomic E-state index is -2.20. The molecule has 0 N–H and O–H groups in total. The molecule has 2 unspecified atom stereocenters. The highest BCUT2D eigenvalue weighted by Crippen LogP contribution is 2.40. The monoisotopic (exact) mass is 394 g/mol. The molecule has 0 aliphatic heterocycles. The van der Waals surface area contributed by atoms with Crippen LogP contribution in [-0.4, -0.2) is 12.3 Å². The highest BCUT2D eigenvalue weighted by atomic mass is 19.2. The fourth-order valence-corrected chi connectivity index (χ4v) is 3.48. The summed E-state index contributed by atoms with van der Waals surface area (Å²) in [6.45, 7) is 5.88. The van der Waals surface area contributed by atoms with Gasteiger partial charge in [0.05, 0.1) is 6.61 Å². The maximum Gasteiger partial charge on any atom is 0.190 e. The third-order valence-electron chi connectivity index (χ3n) is 5.31. The van der Waals surface area contributed by atoms with E-state index in [2.05, 4.69) is 31.2 Å². The van der Waals surface area contributed by atoms with Gasteiger partial charge in [-0.2, -0.15) is 0 Å². The van der Waals surface area contributed by atoms with Gasteiger partial charge in [-0.15, -0.1) is 0 Å². The average Bonchev–Trinajstić information content (AvgIpc) is 2.74. The molecule has 0 radical (unpaired) electrons. The number of hydrogen-bond donors (Lipinski definition) is 0. The lowest BCUT2D eigenvalue weighted by Gasteiger charge is -2.29. The lowest BCUT2D eigenvalue weighted by molar-refractivity contribution is 0.148. The lowest BCUT2D eigenvalue weighted by atomic mass is 9.84. The maximum absolute atomic E-state index is 15.4. The molecule has 0 aromatic heterocycles. The molecule has 1 aliphatic carbocycles. The number of aryl methyl sites for hydroxylation is 1. The van der Waals surface area contributed by atoms with E-state index in [1.807, 2.05) is 24.3 Å². The van der Waals surface area contributed by atoms with E-state index in [1.54, 1.807) is 26.0 Å². The Balaban J connectivity index is 1.78. The summed E-state index contributed by atoms with van der Waals surface area (Å²) < 4.78 is 35.3. The number of allylic oxidation sites excluding steroid dienone is 4. The number of hydrogen-bond acceptors (Lipinski definition) is 1. The Labute approximate surface area is 172 Å². The number of halogens is 2. The van der Waals surface area contributed by atoms with Crippen LogP contribution in [-0.2, 0) is 11.2 Å². The number of alkyl halides is 1. The molecule has 0 fully saturated rings. The molecule has 0 bridgehead atoms. The third-order valence-corrected chi connectivity index (χ3v) is 5.31. The van der Waals surface area contributed by atoms with E-state index in [-0.39, 0.29) is 5.76 Å². The van der Waals surface area contributed by atoms with Crippen molar-refractivity contribution in [2.45, 2.75) is 39.3 Å². The van der Waals surface area contributed by atoms with Crippen LogP contribution < -0.4 is 0 Å². The molecule has 152 valence electrons. The molecule has 2 atom stereocenters. The summed E-state index contributed by atoms with van der Waals surface area (Å²) in [6.07, 6.45) is 8.29. The van der Waals surface area contributed by atoms with Gasteiger partial charge in [0.2, 0.25) is 0 Å². The molecule has 0 amide bonds. The Hall–Kier alpha value is -2.68. The molecule has 0 spiro atoms. The van der Waals surface area contributed by atoms with Crippen molar-refractivity contribution in [3.8, 4) is 11.1 Å². The van der Waals surface area contributed by atoms with Gasteiger partial charge in [0, 0.05) is 5.92 Å². The van der Waals surface area contributed by atoms with E-state index >= 15 is 4.39 Å². The first kappa shape index (κ1) is 21.0. The summed E-state index contributed by atoms with van der Waals surface area (Å²) in [5.74, 6) is -1.50. The zero-order chi connectivity index (χ0) is 20.9. The second kappa shape index (κ2) is 9.21. The molecule has 0 saturated heterocycles. The Morgan fingerprint density at radius 1 is 1.00 bits per heavy atom. The van der Waals surface area contributed by atoms with Gasteiger partial charge < -0.3 is 4.74 Å². The minimum Gasteiger partial charge on any atom is -0.491 e. The summed E-state index contributed by atoms with van der Waals surface area (Å²) in [5.41, 5.74) is 2.19. The summed E-state index contributed by atoms with van der Waals surface area (Å²) in [7, 11) is 0. The van der Waals surface area contributed by atoms with E-state index in [1.165, 1.54) is 17.7 Å². The molecular formula is C26H28F2O. The first-order valence-electron chi connectivity index (χ1n) is 10.3. The fraction of sp³-hybridized carbons (Fsp3) is 0.308. The highest BCUT2D eigenvalue weighted by Gasteiger charge is 2.42. The van der Waals surface area contributed by atoms with Gasteiger partial charge in [-0.05, 0) is 47.8 Å². The van der Waals surface area contributed by atoms with Crippen molar-refractivity contribution in [3.63, 3.8) is 0 Å². The second-order valence-corrected chi connectivity index (χ2v) is 7.43. The molecular weight excluding hydrogens is 366 g/mol. The van der Waals surface area contributed by atoms with Gasteiger partial charge in [-0.1, -0.05) is 81.0 Å². The maximum atomic E-state index is 15.4. The summed E-state index contributed by atoms with van der Waals surface area (Å²) in [6, 6.07) is 16.4. The van der Waals surface area contributed by atoms with Crippen LogP contribution in [0.2, 0.25) is 0 Å². The van der Waals surface area contributed by atoms with Gasteiger partial charge in [-0.25, -0.2) is 8.78 Å². The van der Waals surface area contributed by atoms with Gasteiger partial charge in [0.15, 0.2) is 17.3 Å². The van der Waals surface area contributed by atoms with E-state index in [0.717, 1.165) is 29.5 Å². The van der Waals surface area contributed by atoms with Crippen LogP contribution in [0.15, 0.2) is 78.3 Å². The van der Waals surface area contributed by atoms with Gasteiger partial charge >= 0.3 is 0 Å². The average molecular weight is 395 g/mol. The van der Waals surface area contributed by atoms with Crippen molar-refractivity contribution < 1.29 is 13.5 Å². The van der Waals surface area contributed by atoms with Gasteiger partial charge in [0.25, 0.3) is 0 Å². The molecule has 0 saturated carbocycles. The van der Waals surface area contributed by atoms with Crippen molar-refractivity contribution in [1.29, 1.82) is 0 Å². The van der Waals surface area contributed by atoms with Gasteiger partial charge in [0.1, 0.15) is 0 Å². The Morgan fingerprint density at radius 3 is 2.21 bits per heavy atom. The standard InChI is InChI=1S/C26H28F2O/c1-4-6-20-8-12-22(13-9-20)23-14-10-21(11-15-23)17-18-26(28)19(3)7-16-24(25(26)27)29-5-2/h7-19H,4-6H2,1-3H3/b18-17+. The minimum absolute atomic E-state index is 0.0281. The third kappa shape index (κ3) is 4.67. The van der Waals surface area contributed by atoms with Crippen molar-refractivity contribution in [2.75, 3.05) is 6.61 Å². The number of benzene rings is 2. The Kier molecular flexibility index (Phi) is 6.68. The molecule has 0 heterocycles. The molecule has 1 aliphatic rings. The van der Waals surface area contributed by atoms with Crippen LogP contribution in [0.4, 0.5) is 8.78 Å². The summed E-state index contributed by atoms with van der Waals surface area (Å²) >= 11 is 0. The first-order chi connectivity index (χ1) is 14.0. The van der Waals surface area contributed by atoms with Crippen molar-refractivity contribution in [1.82, 2.24) is 0 Å². The van der Waals surface area contributed by atoms with Gasteiger partial charge in [-0.3, -0.25) is 0 Å². The smallest absolute Gasteiger partial charge is 0.190 e. The Bertz CT molecular complexity index is 907. The van der Waals surface area contributed by atoms with Crippen LogP contribution in [0.1, 0.15) is 38.3 Å². The van der Waals surface area contributed by atoms with E-state index in [9.17, 15) is 4.39 Å². The quantitative estimate of drug-likeness (QED) is 0.474. The predicted molar refractivity (Wildman–Crippen MR) is 117 cm³/mol. The molecule has 29 heavy (non-hydrogen) atoms. The lowest BCUT2D eigenvalue weighted by Crippen LogP contribution is -2.32. The Morgan fingerprint density at radius 2 is 1.62 bits per heavy atom. The van der Waals surface area contributed by atoms with Crippen LogP contribution in [0.3, 0.4) is 0 Å². The van der Waals surface area contributed by atoms with E-state index in [4.69, 9.17) is 4.74 Å². The highest BCUT2D eigenvalue weighted by molar-refractivity contribution is 5.66. The molecule has 1 nitrogen and oxygen atoms in total. The van der Waals surface area contributed by atoms with Crippen molar-refractivity contribution in [3.05, 3.63) is 89.5 Å². The molecule has 3 heteroatoms. The zero-order valence-electron chi connectivity index (χ0n) is 17.3. The normalized spacial score (nSPS) is 21.8. The number of ether oxygens (including phenoxy) is 1. The summed E-state index contributed by atoms with van der Waals surface area (Å²) in [4.78, 5) is 0. The van der Waals surface area contributed by atoms with Crippen molar-refractivity contribution >= 4 is 6.08 Å². The van der Waals surface area contributed by atoms with Crippen LogP contribution in [0.5, 0.6) is 0 Å². The second-order valence-electron chi connectivity index (χ2n) is 7.43. The zero-order valence-corrected chi connectivity index (χ0v) is 17.3. The number of rotatable bonds is 7. The van der Waals surface area contributed by atoms with Crippen LogP contribution >= 0.6 is 0 Å². The van der Waals surface area contributed by atoms with Crippen LogP contribution in [0, 0.1) is 5.92 Å². The topological polar surface area (TPSA) is 9.23 Å². The largest absolute Gasteiger partial charge is 0.491 e. The molecule has 2 aromatic rings.